The summed E-state index contributed by atoms with van der Waals surface area (Å²) in [5.74, 6) is 1.49. The van der Waals surface area contributed by atoms with Crippen molar-refractivity contribution in [2.24, 2.45) is 0 Å². The summed E-state index contributed by atoms with van der Waals surface area (Å²) in [6, 6.07) is 14.2. The Bertz CT molecular complexity index is 1050. The van der Waals surface area contributed by atoms with Crippen LogP contribution in [0.5, 0.6) is 5.75 Å². The Balaban J connectivity index is 1.41. The van der Waals surface area contributed by atoms with Crippen molar-refractivity contribution in [2.75, 3.05) is 19.8 Å². The van der Waals surface area contributed by atoms with E-state index in [-0.39, 0.29) is 11.9 Å². The number of amides is 1. The number of rotatable bonds is 3. The molecule has 6 heteroatoms. The molecule has 150 valence electrons. The van der Waals surface area contributed by atoms with Gasteiger partial charge in [0.15, 0.2) is 5.76 Å². The van der Waals surface area contributed by atoms with Crippen molar-refractivity contribution >= 4 is 16.7 Å². The van der Waals surface area contributed by atoms with Gasteiger partial charge < -0.3 is 19.3 Å². The maximum absolute atomic E-state index is 13.5. The molecule has 1 saturated heterocycles. The number of fused-ring (bicyclic) bond motifs is 3. The van der Waals surface area contributed by atoms with Crippen molar-refractivity contribution in [3.63, 3.8) is 0 Å². The topological polar surface area (TPSA) is 73.6 Å². The van der Waals surface area contributed by atoms with Gasteiger partial charge in [0.2, 0.25) is 5.91 Å². The minimum Gasteiger partial charge on any atom is -0.491 e. The van der Waals surface area contributed by atoms with Crippen LogP contribution in [0.3, 0.4) is 0 Å². The van der Waals surface area contributed by atoms with Gasteiger partial charge in [-0.25, -0.2) is 0 Å². The molecule has 1 amide bonds. The van der Waals surface area contributed by atoms with Crippen LogP contribution in [0.2, 0.25) is 0 Å². The minimum absolute atomic E-state index is 0.0331. The third kappa shape index (κ3) is 3.17. The summed E-state index contributed by atoms with van der Waals surface area (Å²) in [5, 5.41) is 9.60. The molecule has 0 spiro atoms. The lowest BCUT2D eigenvalue weighted by atomic mass is 9.76. The molecule has 5 rings (SSSR count). The smallest absolute Gasteiger partial charge is 0.234 e. The molecule has 1 fully saturated rings. The molecule has 6 nitrogen and oxygen atoms in total. The van der Waals surface area contributed by atoms with E-state index in [9.17, 15) is 4.79 Å². The summed E-state index contributed by atoms with van der Waals surface area (Å²) >= 11 is 0. The maximum atomic E-state index is 13.5. The largest absolute Gasteiger partial charge is 0.491 e. The van der Waals surface area contributed by atoms with Crippen molar-refractivity contribution < 1.29 is 18.8 Å². The second kappa shape index (κ2) is 7.19. The highest BCUT2D eigenvalue weighted by atomic mass is 16.5. The molecule has 1 aromatic heterocycles. The highest BCUT2D eigenvalue weighted by Crippen LogP contribution is 2.37. The van der Waals surface area contributed by atoms with Crippen LogP contribution >= 0.6 is 0 Å². The van der Waals surface area contributed by atoms with Crippen LogP contribution in [0.25, 0.3) is 10.8 Å². The van der Waals surface area contributed by atoms with Crippen LogP contribution in [-0.2, 0) is 21.4 Å². The number of nitrogens with zero attached hydrogens (tertiary/aromatic N) is 1. The van der Waals surface area contributed by atoms with E-state index in [0.29, 0.717) is 38.4 Å². The van der Waals surface area contributed by atoms with Crippen molar-refractivity contribution in [2.45, 2.75) is 37.6 Å². The summed E-state index contributed by atoms with van der Waals surface area (Å²) in [6.45, 7) is 3.39. The zero-order valence-corrected chi connectivity index (χ0v) is 16.4. The van der Waals surface area contributed by atoms with Gasteiger partial charge in [0.25, 0.3) is 0 Å². The van der Waals surface area contributed by atoms with Gasteiger partial charge in [-0.15, -0.1) is 0 Å². The monoisotopic (exact) mass is 392 g/mol. The summed E-state index contributed by atoms with van der Waals surface area (Å²) in [7, 11) is 0. The third-order valence-electron chi connectivity index (χ3n) is 6.10. The first-order chi connectivity index (χ1) is 14.2. The van der Waals surface area contributed by atoms with Crippen LogP contribution in [0.15, 0.2) is 47.0 Å². The molecular formula is C23H24N2O4. The highest BCUT2D eigenvalue weighted by Gasteiger charge is 2.46. The number of hydrogen-bond acceptors (Lipinski definition) is 5. The van der Waals surface area contributed by atoms with Gasteiger partial charge in [0, 0.05) is 31.3 Å². The van der Waals surface area contributed by atoms with Gasteiger partial charge in [-0.2, -0.15) is 0 Å². The lowest BCUT2D eigenvalue weighted by Gasteiger charge is -2.36. The fourth-order valence-corrected chi connectivity index (χ4v) is 4.47. The average molecular weight is 392 g/mol. The molecule has 2 aromatic carbocycles. The van der Waals surface area contributed by atoms with Crippen LogP contribution in [0.1, 0.15) is 29.9 Å². The van der Waals surface area contributed by atoms with E-state index >= 15 is 0 Å². The Hall–Kier alpha value is -2.86. The molecule has 1 N–H and O–H groups in total. The lowest BCUT2D eigenvalue weighted by Crippen LogP contribution is -2.53. The fourth-order valence-electron chi connectivity index (χ4n) is 4.47. The molecule has 1 atom stereocenters. The lowest BCUT2D eigenvalue weighted by molar-refractivity contribution is -0.132. The molecule has 3 aromatic rings. The van der Waals surface area contributed by atoms with Gasteiger partial charge in [-0.05, 0) is 36.6 Å². The van der Waals surface area contributed by atoms with Crippen molar-refractivity contribution in [1.29, 1.82) is 0 Å². The van der Waals surface area contributed by atoms with Crippen LogP contribution in [0.4, 0.5) is 0 Å². The van der Waals surface area contributed by atoms with E-state index in [0.717, 1.165) is 23.4 Å². The minimum atomic E-state index is -0.738. The molecule has 3 heterocycles. The number of nitrogens with one attached hydrogen (secondary N) is 1. The van der Waals surface area contributed by atoms with E-state index in [1.807, 2.05) is 31.2 Å². The molecule has 2 aliphatic heterocycles. The summed E-state index contributed by atoms with van der Waals surface area (Å²) in [6.07, 6.45) is 1.91. The van der Waals surface area contributed by atoms with E-state index in [1.165, 1.54) is 10.8 Å². The van der Waals surface area contributed by atoms with E-state index in [4.69, 9.17) is 14.0 Å². The molecular weight excluding hydrogens is 368 g/mol. The number of aromatic nitrogens is 1. The van der Waals surface area contributed by atoms with Gasteiger partial charge in [0.05, 0.1) is 11.7 Å². The quantitative estimate of drug-likeness (QED) is 0.740. The molecule has 0 radical (unpaired) electrons. The number of aryl methyl sites for hydroxylation is 1. The Kier molecular flexibility index (Phi) is 4.51. The van der Waals surface area contributed by atoms with Crippen LogP contribution in [0, 0.1) is 6.92 Å². The van der Waals surface area contributed by atoms with Crippen LogP contribution in [-0.4, -0.2) is 36.9 Å². The van der Waals surface area contributed by atoms with Crippen molar-refractivity contribution in [3.8, 4) is 5.75 Å². The maximum Gasteiger partial charge on any atom is 0.234 e. The number of hydrogen-bond donors (Lipinski definition) is 1. The Labute approximate surface area is 169 Å². The summed E-state index contributed by atoms with van der Waals surface area (Å²) in [4.78, 5) is 13.5. The third-order valence-corrected chi connectivity index (χ3v) is 6.10. The Morgan fingerprint density at radius 3 is 2.79 bits per heavy atom. The highest BCUT2D eigenvalue weighted by molar-refractivity contribution is 5.89. The zero-order valence-electron chi connectivity index (χ0n) is 16.4. The summed E-state index contributed by atoms with van der Waals surface area (Å²) in [5.41, 5.74) is 1.19. The number of carbonyl (C=O) groups is 1. The van der Waals surface area contributed by atoms with Crippen molar-refractivity contribution in [1.82, 2.24) is 10.5 Å². The van der Waals surface area contributed by atoms with E-state index in [1.54, 1.807) is 0 Å². The average Bonchev–Trinajstić information content (AvgIpc) is 3.21. The first-order valence-corrected chi connectivity index (χ1v) is 10.1. The molecule has 1 unspecified atom stereocenters. The predicted octanol–water partition coefficient (Wildman–Crippen LogP) is 3.30. The second-order valence-electron chi connectivity index (χ2n) is 7.98. The zero-order chi connectivity index (χ0) is 19.8. The van der Waals surface area contributed by atoms with E-state index < -0.39 is 5.41 Å². The molecule has 29 heavy (non-hydrogen) atoms. The molecule has 0 saturated carbocycles. The van der Waals surface area contributed by atoms with Gasteiger partial charge >= 0.3 is 0 Å². The van der Waals surface area contributed by atoms with Crippen molar-refractivity contribution in [3.05, 3.63) is 59.5 Å². The van der Waals surface area contributed by atoms with E-state index in [2.05, 4.69) is 28.7 Å². The van der Waals surface area contributed by atoms with Crippen LogP contribution < -0.4 is 10.1 Å². The normalized spacial score (nSPS) is 20.7. The van der Waals surface area contributed by atoms with Gasteiger partial charge in [-0.1, -0.05) is 35.5 Å². The number of carbonyl (C=O) groups excluding carboxylic acids is 1. The predicted molar refractivity (Wildman–Crippen MR) is 108 cm³/mol. The Morgan fingerprint density at radius 1 is 1.17 bits per heavy atom. The summed E-state index contributed by atoms with van der Waals surface area (Å²) < 4.78 is 17.1. The number of benzene rings is 2. The number of ether oxygens (including phenoxy) is 2. The first-order valence-electron chi connectivity index (χ1n) is 10.1. The first kappa shape index (κ1) is 18.2. The Morgan fingerprint density at radius 2 is 2.00 bits per heavy atom. The van der Waals surface area contributed by atoms with Gasteiger partial charge in [-0.3, -0.25) is 4.79 Å². The molecule has 0 aliphatic carbocycles. The fraction of sp³-hybridized carbons (Fsp3) is 0.391. The van der Waals surface area contributed by atoms with Gasteiger partial charge in [0.1, 0.15) is 17.8 Å². The SMILES string of the molecule is Cc1cc(C2(C(=O)NC3COc4ccc5ccccc5c4C3)CCOCC2)on1. The molecule has 2 aliphatic rings. The molecule has 0 bridgehead atoms. The standard InChI is InChI=1S/C23H24N2O4/c1-15-12-21(29-25-15)23(8-10-27-11-9-23)22(26)24-17-13-19-18-5-3-2-4-16(18)6-7-20(19)28-14-17/h2-7,12,17H,8-11,13-14H2,1H3,(H,24,26). The second-order valence-corrected chi connectivity index (χ2v) is 7.98.